The largest absolute Gasteiger partial charge is 0.460 e. The zero-order valence-electron chi connectivity index (χ0n) is 19.0. The molecule has 0 amide bonds. The fourth-order valence-electron chi connectivity index (χ4n) is 4.61. The van der Waals surface area contributed by atoms with E-state index in [-0.39, 0.29) is 11.9 Å². The lowest BCUT2D eigenvalue weighted by atomic mass is 9.75. The Hall–Kier alpha value is -2.63. The minimum atomic E-state index is -0.573. The fourth-order valence-corrected chi connectivity index (χ4v) is 4.61. The third-order valence-corrected chi connectivity index (χ3v) is 6.30. The standard InChI is InChI=1S/C25H32FNO4/c1-15(2)21-11-6-16(3)12-23(21)31-24(28)14-30-25(29)22-13-17(4)27(18(22)5)20-9-7-19(26)8-10-20/h7-10,13,15-16,21,23H,6,11-12,14H2,1-5H3/t16-,21-,23-/m1/s1. The first kappa shape index (κ1) is 23.0. The zero-order chi connectivity index (χ0) is 22.7. The van der Waals surface area contributed by atoms with Gasteiger partial charge in [-0.05, 0) is 74.8 Å². The van der Waals surface area contributed by atoms with E-state index in [4.69, 9.17) is 9.47 Å². The molecule has 0 N–H and O–H groups in total. The van der Waals surface area contributed by atoms with Crippen LogP contribution >= 0.6 is 0 Å². The second-order valence-electron chi connectivity index (χ2n) is 9.03. The van der Waals surface area contributed by atoms with Crippen molar-refractivity contribution in [3.8, 4) is 5.69 Å². The molecule has 1 aromatic heterocycles. The summed E-state index contributed by atoms with van der Waals surface area (Å²) in [5.74, 6) is -0.111. The first-order valence-electron chi connectivity index (χ1n) is 11.0. The number of esters is 2. The van der Waals surface area contributed by atoms with Crippen LogP contribution in [0.4, 0.5) is 4.39 Å². The maximum atomic E-state index is 13.2. The smallest absolute Gasteiger partial charge is 0.344 e. The van der Waals surface area contributed by atoms with Gasteiger partial charge in [-0.25, -0.2) is 14.0 Å². The van der Waals surface area contributed by atoms with Gasteiger partial charge in [0.2, 0.25) is 0 Å². The van der Waals surface area contributed by atoms with Crippen LogP contribution < -0.4 is 0 Å². The maximum Gasteiger partial charge on any atom is 0.344 e. The van der Waals surface area contributed by atoms with Crippen LogP contribution in [0.5, 0.6) is 0 Å². The molecule has 1 aromatic carbocycles. The van der Waals surface area contributed by atoms with E-state index in [1.807, 2.05) is 11.5 Å². The molecule has 0 bridgehead atoms. The molecule has 0 spiro atoms. The quantitative estimate of drug-likeness (QED) is 0.578. The minimum Gasteiger partial charge on any atom is -0.460 e. The van der Waals surface area contributed by atoms with Crippen LogP contribution in [0, 0.1) is 37.4 Å². The van der Waals surface area contributed by atoms with Gasteiger partial charge in [-0.1, -0.05) is 27.2 Å². The first-order valence-corrected chi connectivity index (χ1v) is 11.0. The molecule has 3 atom stereocenters. The normalized spacial score (nSPS) is 21.2. The van der Waals surface area contributed by atoms with Crippen molar-refractivity contribution in [3.63, 3.8) is 0 Å². The lowest BCUT2D eigenvalue weighted by Crippen LogP contribution is -2.36. The van der Waals surface area contributed by atoms with Crippen LogP contribution in [-0.4, -0.2) is 29.2 Å². The summed E-state index contributed by atoms with van der Waals surface area (Å²) in [6.07, 6.45) is 2.92. The number of halogens is 1. The number of aryl methyl sites for hydroxylation is 1. The second kappa shape index (κ2) is 9.67. The molecule has 3 rings (SSSR count). The number of carbonyl (C=O) groups excluding carboxylic acids is 2. The van der Waals surface area contributed by atoms with E-state index < -0.39 is 18.5 Å². The third-order valence-electron chi connectivity index (χ3n) is 6.30. The molecule has 2 aromatic rings. The molecule has 0 aliphatic heterocycles. The Bertz CT molecular complexity index is 932. The number of nitrogens with zero attached hydrogens (tertiary/aromatic N) is 1. The van der Waals surface area contributed by atoms with Crippen LogP contribution in [0.3, 0.4) is 0 Å². The van der Waals surface area contributed by atoms with Gasteiger partial charge in [0.05, 0.1) is 5.56 Å². The van der Waals surface area contributed by atoms with Gasteiger partial charge in [-0.3, -0.25) is 0 Å². The highest BCUT2D eigenvalue weighted by atomic mass is 19.1. The molecule has 1 aliphatic rings. The Morgan fingerprint density at radius 2 is 1.84 bits per heavy atom. The molecule has 0 saturated heterocycles. The Balaban J connectivity index is 1.63. The highest BCUT2D eigenvalue weighted by molar-refractivity contribution is 5.92. The lowest BCUT2D eigenvalue weighted by molar-refractivity contribution is -0.159. The van der Waals surface area contributed by atoms with Crippen molar-refractivity contribution < 1.29 is 23.5 Å². The summed E-state index contributed by atoms with van der Waals surface area (Å²) in [6.45, 7) is 9.72. The molecule has 1 heterocycles. The van der Waals surface area contributed by atoms with E-state index in [2.05, 4.69) is 20.8 Å². The highest BCUT2D eigenvalue weighted by Crippen LogP contribution is 2.35. The van der Waals surface area contributed by atoms with Gasteiger partial charge in [0, 0.05) is 17.1 Å². The van der Waals surface area contributed by atoms with Crippen LogP contribution in [0.25, 0.3) is 5.69 Å². The van der Waals surface area contributed by atoms with Gasteiger partial charge >= 0.3 is 11.9 Å². The van der Waals surface area contributed by atoms with E-state index in [1.54, 1.807) is 25.1 Å². The molecular formula is C25H32FNO4. The predicted molar refractivity (Wildman–Crippen MR) is 117 cm³/mol. The van der Waals surface area contributed by atoms with Gasteiger partial charge in [-0.2, -0.15) is 0 Å². The molecule has 6 heteroatoms. The fraction of sp³-hybridized carbons (Fsp3) is 0.520. The van der Waals surface area contributed by atoms with Crippen molar-refractivity contribution in [2.45, 2.75) is 60.0 Å². The van der Waals surface area contributed by atoms with Crippen LogP contribution in [-0.2, 0) is 14.3 Å². The number of hydrogen-bond donors (Lipinski definition) is 0. The molecule has 5 nitrogen and oxygen atoms in total. The van der Waals surface area contributed by atoms with Gasteiger partial charge in [-0.15, -0.1) is 0 Å². The second-order valence-corrected chi connectivity index (χ2v) is 9.03. The van der Waals surface area contributed by atoms with Crippen molar-refractivity contribution >= 4 is 11.9 Å². The molecular weight excluding hydrogens is 397 g/mol. The molecule has 1 saturated carbocycles. The Morgan fingerprint density at radius 1 is 1.16 bits per heavy atom. The van der Waals surface area contributed by atoms with E-state index in [1.165, 1.54) is 12.1 Å². The zero-order valence-corrected chi connectivity index (χ0v) is 19.0. The summed E-state index contributed by atoms with van der Waals surface area (Å²) in [6, 6.07) is 7.76. The number of hydrogen-bond acceptors (Lipinski definition) is 4. The van der Waals surface area contributed by atoms with Gasteiger partial charge in [0.1, 0.15) is 11.9 Å². The van der Waals surface area contributed by atoms with E-state index in [0.29, 0.717) is 29.0 Å². The summed E-state index contributed by atoms with van der Waals surface area (Å²) in [4.78, 5) is 25.0. The minimum absolute atomic E-state index is 0.126. The Morgan fingerprint density at radius 3 is 2.48 bits per heavy atom. The van der Waals surface area contributed by atoms with Crippen LogP contribution in [0.15, 0.2) is 30.3 Å². The first-order chi connectivity index (χ1) is 14.7. The van der Waals surface area contributed by atoms with E-state index >= 15 is 0 Å². The number of ether oxygens (including phenoxy) is 2. The van der Waals surface area contributed by atoms with Crippen molar-refractivity contribution in [1.29, 1.82) is 0 Å². The highest BCUT2D eigenvalue weighted by Gasteiger charge is 2.33. The molecule has 31 heavy (non-hydrogen) atoms. The Labute approximate surface area is 183 Å². The molecule has 1 fully saturated rings. The molecule has 168 valence electrons. The van der Waals surface area contributed by atoms with Crippen molar-refractivity contribution in [1.82, 2.24) is 4.57 Å². The van der Waals surface area contributed by atoms with Crippen molar-refractivity contribution in [2.24, 2.45) is 17.8 Å². The van der Waals surface area contributed by atoms with Gasteiger partial charge in [0.25, 0.3) is 0 Å². The lowest BCUT2D eigenvalue weighted by Gasteiger charge is -2.36. The van der Waals surface area contributed by atoms with Gasteiger partial charge in [0.15, 0.2) is 6.61 Å². The van der Waals surface area contributed by atoms with Crippen molar-refractivity contribution in [3.05, 3.63) is 53.1 Å². The number of benzene rings is 1. The SMILES string of the molecule is Cc1cc(C(=O)OCC(=O)O[C@@H]2C[C@H](C)CC[C@@H]2C(C)C)c(C)n1-c1ccc(F)cc1. The summed E-state index contributed by atoms with van der Waals surface area (Å²) in [7, 11) is 0. The van der Waals surface area contributed by atoms with E-state index in [0.717, 1.165) is 30.6 Å². The number of aromatic nitrogens is 1. The monoisotopic (exact) mass is 429 g/mol. The Kier molecular flexibility index (Phi) is 7.19. The predicted octanol–water partition coefficient (Wildman–Crippen LogP) is 5.39. The number of rotatable bonds is 6. The van der Waals surface area contributed by atoms with Gasteiger partial charge < -0.3 is 14.0 Å². The topological polar surface area (TPSA) is 57.5 Å². The molecule has 0 radical (unpaired) electrons. The summed E-state index contributed by atoms with van der Waals surface area (Å²) in [5, 5.41) is 0. The average Bonchev–Trinajstić information content (AvgIpc) is 3.01. The van der Waals surface area contributed by atoms with Crippen LogP contribution in [0.2, 0.25) is 0 Å². The average molecular weight is 430 g/mol. The molecule has 0 unspecified atom stereocenters. The van der Waals surface area contributed by atoms with Crippen molar-refractivity contribution in [2.75, 3.05) is 6.61 Å². The molecule has 1 aliphatic carbocycles. The van der Waals surface area contributed by atoms with Crippen LogP contribution in [0.1, 0.15) is 61.8 Å². The third kappa shape index (κ3) is 5.35. The van der Waals surface area contributed by atoms with E-state index in [9.17, 15) is 14.0 Å². The number of carbonyl (C=O) groups is 2. The summed E-state index contributed by atoms with van der Waals surface area (Å²) < 4.78 is 26.1. The summed E-state index contributed by atoms with van der Waals surface area (Å²) >= 11 is 0. The maximum absolute atomic E-state index is 13.2. The summed E-state index contributed by atoms with van der Waals surface area (Å²) in [5.41, 5.74) is 2.61.